The normalized spacial score (nSPS) is 23.7. The Hall–Kier alpha value is -2.93. The summed E-state index contributed by atoms with van der Waals surface area (Å²) in [5, 5.41) is 22.6. The van der Waals surface area contributed by atoms with E-state index in [1.165, 1.54) is 12.8 Å². The fourth-order valence-corrected chi connectivity index (χ4v) is 4.26. The van der Waals surface area contributed by atoms with Crippen LogP contribution in [-0.2, 0) is 0 Å². The number of nitrogens with one attached hydrogen (secondary N) is 1. The minimum Gasteiger partial charge on any atom is -0.507 e. The number of phenols is 1. The van der Waals surface area contributed by atoms with Gasteiger partial charge in [-0.15, -0.1) is 10.2 Å². The maximum Gasteiger partial charge on any atom is 0.233 e. The van der Waals surface area contributed by atoms with Crippen LogP contribution in [0.3, 0.4) is 0 Å². The van der Waals surface area contributed by atoms with Crippen LogP contribution in [-0.4, -0.2) is 43.0 Å². The quantitative estimate of drug-likeness (QED) is 0.727. The standard InChI is InChI=1S/C21H23N5O2/c1-13-11-26(12-22-13)16-4-5-18(20(27)10-16)19-6-7-21(25-24-19)28-17-8-14-2-3-15(9-17)23-14/h4-7,10-12,14-15,17,23,27H,2-3,8-9H2,1H3/t14-,15?,17?/m1/s1. The van der Waals surface area contributed by atoms with Gasteiger partial charge in [-0.25, -0.2) is 4.98 Å². The molecule has 2 N–H and O–H groups in total. The molecule has 2 aliphatic heterocycles. The molecule has 28 heavy (non-hydrogen) atoms. The highest BCUT2D eigenvalue weighted by Gasteiger charge is 2.34. The van der Waals surface area contributed by atoms with Crippen LogP contribution in [0, 0.1) is 6.92 Å². The fourth-order valence-electron chi connectivity index (χ4n) is 4.26. The lowest BCUT2D eigenvalue weighted by Gasteiger charge is -2.28. The number of hydrogen-bond acceptors (Lipinski definition) is 6. The van der Waals surface area contributed by atoms with Gasteiger partial charge in [-0.1, -0.05) is 0 Å². The van der Waals surface area contributed by atoms with Crippen LogP contribution < -0.4 is 10.1 Å². The highest BCUT2D eigenvalue weighted by molar-refractivity contribution is 5.68. The summed E-state index contributed by atoms with van der Waals surface area (Å²) in [5.41, 5.74) is 3.02. The minimum absolute atomic E-state index is 0.154. The maximum absolute atomic E-state index is 10.5. The summed E-state index contributed by atoms with van der Waals surface area (Å²) < 4.78 is 7.92. The number of piperidine rings is 1. The van der Waals surface area contributed by atoms with Gasteiger partial charge in [0.1, 0.15) is 11.9 Å². The Morgan fingerprint density at radius 3 is 2.57 bits per heavy atom. The Labute approximate surface area is 163 Å². The van der Waals surface area contributed by atoms with E-state index < -0.39 is 0 Å². The van der Waals surface area contributed by atoms with Crippen molar-refractivity contribution in [2.45, 2.75) is 50.8 Å². The molecule has 0 spiro atoms. The molecule has 0 saturated carbocycles. The summed E-state index contributed by atoms with van der Waals surface area (Å²) in [7, 11) is 0. The van der Waals surface area contributed by atoms with Gasteiger partial charge in [0.25, 0.3) is 0 Å². The summed E-state index contributed by atoms with van der Waals surface area (Å²) in [4.78, 5) is 4.22. The molecule has 7 heteroatoms. The highest BCUT2D eigenvalue weighted by Crippen LogP contribution is 2.31. The molecule has 0 aliphatic carbocycles. The Bertz CT molecular complexity index is 973. The second kappa shape index (κ2) is 6.91. The first-order chi connectivity index (χ1) is 13.6. The lowest BCUT2D eigenvalue weighted by atomic mass is 10.0. The third kappa shape index (κ3) is 3.33. The second-order valence-electron chi connectivity index (χ2n) is 7.73. The van der Waals surface area contributed by atoms with Crippen LogP contribution >= 0.6 is 0 Å². The Morgan fingerprint density at radius 1 is 1.11 bits per heavy atom. The average Bonchev–Trinajstić information content (AvgIpc) is 3.27. The third-order valence-electron chi connectivity index (χ3n) is 5.62. The number of phenolic OH excluding ortho intramolecular Hbond substituents is 1. The largest absolute Gasteiger partial charge is 0.507 e. The molecule has 2 saturated heterocycles. The first kappa shape index (κ1) is 17.2. The monoisotopic (exact) mass is 377 g/mol. The molecule has 1 aromatic carbocycles. The zero-order chi connectivity index (χ0) is 19.1. The second-order valence-corrected chi connectivity index (χ2v) is 7.73. The zero-order valence-corrected chi connectivity index (χ0v) is 15.7. The van der Waals surface area contributed by atoms with Gasteiger partial charge in [-0.2, -0.15) is 0 Å². The molecule has 144 valence electrons. The highest BCUT2D eigenvalue weighted by atomic mass is 16.5. The predicted octanol–water partition coefficient (Wildman–Crippen LogP) is 3.01. The first-order valence-electron chi connectivity index (χ1n) is 9.75. The number of hydrogen-bond donors (Lipinski definition) is 2. The lowest BCUT2D eigenvalue weighted by Crippen LogP contribution is -2.42. The van der Waals surface area contributed by atoms with E-state index >= 15 is 0 Å². The topological polar surface area (TPSA) is 85.1 Å². The van der Waals surface area contributed by atoms with Gasteiger partial charge in [0.15, 0.2) is 0 Å². The van der Waals surface area contributed by atoms with Crippen molar-refractivity contribution in [3.05, 3.63) is 48.5 Å². The number of aryl methyl sites for hydroxylation is 1. The molecule has 5 rings (SSSR count). The minimum atomic E-state index is 0.154. The van der Waals surface area contributed by atoms with E-state index in [1.807, 2.05) is 42.0 Å². The number of aromatic hydroxyl groups is 1. The summed E-state index contributed by atoms with van der Waals surface area (Å²) in [6, 6.07) is 10.3. The molecule has 2 unspecified atom stereocenters. The molecular weight excluding hydrogens is 354 g/mol. The van der Waals surface area contributed by atoms with Crippen molar-refractivity contribution < 1.29 is 9.84 Å². The predicted molar refractivity (Wildman–Crippen MR) is 105 cm³/mol. The number of ether oxygens (including phenoxy) is 1. The smallest absolute Gasteiger partial charge is 0.233 e. The lowest BCUT2D eigenvalue weighted by molar-refractivity contribution is 0.130. The molecule has 2 bridgehead atoms. The van der Waals surface area contributed by atoms with Gasteiger partial charge >= 0.3 is 0 Å². The number of fused-ring (bicyclic) bond motifs is 2. The van der Waals surface area contributed by atoms with Crippen LogP contribution in [0.2, 0.25) is 0 Å². The number of aromatic nitrogens is 4. The molecule has 2 fully saturated rings. The van der Waals surface area contributed by atoms with Crippen LogP contribution in [0.5, 0.6) is 11.6 Å². The summed E-state index contributed by atoms with van der Waals surface area (Å²) >= 11 is 0. The van der Waals surface area contributed by atoms with Crippen molar-refractivity contribution in [1.82, 2.24) is 25.1 Å². The molecule has 3 aromatic rings. The van der Waals surface area contributed by atoms with E-state index in [1.54, 1.807) is 12.4 Å². The summed E-state index contributed by atoms with van der Waals surface area (Å²) in [5.74, 6) is 0.696. The van der Waals surface area contributed by atoms with Gasteiger partial charge in [-0.3, -0.25) is 0 Å². The summed E-state index contributed by atoms with van der Waals surface area (Å²) in [6.07, 6.45) is 8.36. The average molecular weight is 377 g/mol. The molecule has 3 atom stereocenters. The number of rotatable bonds is 4. The van der Waals surface area contributed by atoms with Crippen LogP contribution in [0.15, 0.2) is 42.9 Å². The molecule has 2 aromatic heterocycles. The van der Waals surface area contributed by atoms with Gasteiger partial charge in [0.2, 0.25) is 5.88 Å². The van der Waals surface area contributed by atoms with Crippen molar-refractivity contribution >= 4 is 0 Å². The number of benzene rings is 1. The van der Waals surface area contributed by atoms with Crippen molar-refractivity contribution in [2.24, 2.45) is 0 Å². The molecule has 7 nitrogen and oxygen atoms in total. The van der Waals surface area contributed by atoms with Crippen molar-refractivity contribution in [3.8, 4) is 28.6 Å². The molecule has 0 radical (unpaired) electrons. The van der Waals surface area contributed by atoms with Gasteiger partial charge in [0, 0.05) is 36.0 Å². The third-order valence-corrected chi connectivity index (χ3v) is 5.62. The van der Waals surface area contributed by atoms with Crippen LogP contribution in [0.1, 0.15) is 31.4 Å². The van der Waals surface area contributed by atoms with E-state index in [-0.39, 0.29) is 11.9 Å². The molecule has 0 amide bonds. The first-order valence-corrected chi connectivity index (χ1v) is 9.75. The Morgan fingerprint density at radius 2 is 1.93 bits per heavy atom. The SMILES string of the molecule is Cc1cn(-c2ccc(-c3ccc(OC4CC5CC[C@H](C4)N5)nn3)c(O)c2)cn1. The van der Waals surface area contributed by atoms with Crippen LogP contribution in [0.4, 0.5) is 0 Å². The fraction of sp³-hybridized carbons (Fsp3) is 0.381. The molecule has 4 heterocycles. The maximum atomic E-state index is 10.5. The Kier molecular flexibility index (Phi) is 4.24. The molecule has 2 aliphatic rings. The van der Waals surface area contributed by atoms with Gasteiger partial charge < -0.3 is 19.7 Å². The molecular formula is C21H23N5O2. The Balaban J connectivity index is 1.31. The van der Waals surface area contributed by atoms with Crippen molar-refractivity contribution in [2.75, 3.05) is 0 Å². The van der Waals surface area contributed by atoms with E-state index in [0.29, 0.717) is 29.2 Å². The van der Waals surface area contributed by atoms with E-state index in [2.05, 4.69) is 20.5 Å². The van der Waals surface area contributed by atoms with Crippen LogP contribution in [0.25, 0.3) is 16.9 Å². The summed E-state index contributed by atoms with van der Waals surface area (Å²) in [6.45, 7) is 1.93. The van der Waals surface area contributed by atoms with Gasteiger partial charge in [0.05, 0.1) is 23.4 Å². The number of imidazole rings is 1. The zero-order valence-electron chi connectivity index (χ0n) is 15.7. The number of nitrogens with zero attached hydrogens (tertiary/aromatic N) is 4. The van der Waals surface area contributed by atoms with E-state index in [0.717, 1.165) is 24.2 Å². The van der Waals surface area contributed by atoms with Crippen molar-refractivity contribution in [1.29, 1.82) is 0 Å². The van der Waals surface area contributed by atoms with E-state index in [4.69, 9.17) is 4.74 Å². The van der Waals surface area contributed by atoms with Crippen molar-refractivity contribution in [3.63, 3.8) is 0 Å². The van der Waals surface area contributed by atoms with E-state index in [9.17, 15) is 5.11 Å². The van der Waals surface area contributed by atoms with Gasteiger partial charge in [-0.05, 0) is 50.8 Å².